The molecule has 2 aromatic rings. The van der Waals surface area contributed by atoms with E-state index in [1.54, 1.807) is 6.92 Å². The number of amides is 1. The molecule has 0 radical (unpaired) electrons. The Bertz CT molecular complexity index is 875. The Hall–Kier alpha value is -2.82. The molecule has 1 aromatic carbocycles. The summed E-state index contributed by atoms with van der Waals surface area (Å²) in [6.45, 7) is 10.9. The van der Waals surface area contributed by atoms with Gasteiger partial charge in [0.1, 0.15) is 23.1 Å². The molecule has 0 saturated carbocycles. The van der Waals surface area contributed by atoms with Crippen LogP contribution >= 0.6 is 0 Å². The molecule has 1 fully saturated rings. The van der Waals surface area contributed by atoms with Gasteiger partial charge in [0.15, 0.2) is 0 Å². The van der Waals surface area contributed by atoms with Gasteiger partial charge in [-0.2, -0.15) is 5.26 Å². The predicted octanol–water partition coefficient (Wildman–Crippen LogP) is 2.92. The number of nitriles is 1. The Morgan fingerprint density at radius 2 is 1.83 bits per heavy atom. The minimum absolute atomic E-state index is 0.157. The first-order chi connectivity index (χ1) is 14.0. The number of aryl methyl sites for hydroxylation is 1. The molecule has 0 bridgehead atoms. The average Bonchev–Trinajstić information content (AvgIpc) is 2.97. The van der Waals surface area contributed by atoms with E-state index in [1.165, 1.54) is 5.56 Å². The molecule has 1 amide bonds. The van der Waals surface area contributed by atoms with E-state index >= 15 is 0 Å². The number of furan rings is 1. The van der Waals surface area contributed by atoms with Gasteiger partial charge >= 0.3 is 0 Å². The van der Waals surface area contributed by atoms with Crippen LogP contribution in [0.15, 0.2) is 28.7 Å². The summed E-state index contributed by atoms with van der Waals surface area (Å²) in [5, 5.41) is 12.0. The lowest BCUT2D eigenvalue weighted by Gasteiger charge is -2.34. The molecule has 1 aliphatic rings. The van der Waals surface area contributed by atoms with E-state index in [-0.39, 0.29) is 11.8 Å². The zero-order valence-electron chi connectivity index (χ0n) is 17.3. The van der Waals surface area contributed by atoms with Gasteiger partial charge < -0.3 is 9.15 Å². The minimum atomic E-state index is -0.157. The molecule has 0 aliphatic carbocycles. The number of piperazine rings is 1. The van der Waals surface area contributed by atoms with Crippen molar-refractivity contribution < 1.29 is 13.9 Å². The molecule has 1 saturated heterocycles. The maximum absolute atomic E-state index is 12.4. The van der Waals surface area contributed by atoms with Crippen LogP contribution in [0.2, 0.25) is 0 Å². The Labute approximate surface area is 171 Å². The summed E-state index contributed by atoms with van der Waals surface area (Å²) in [4.78, 5) is 16.9. The second-order valence-electron chi connectivity index (χ2n) is 7.28. The van der Waals surface area contributed by atoms with Crippen molar-refractivity contribution in [2.24, 2.45) is 0 Å². The Morgan fingerprint density at radius 1 is 1.17 bits per heavy atom. The number of rotatable bonds is 7. The smallest absolute Gasteiger partial charge is 0.240 e. The number of carbonyl (C=O) groups is 1. The number of hydrogen-bond donors (Lipinski definition) is 1. The highest BCUT2D eigenvalue weighted by Gasteiger charge is 2.21. The topological polar surface area (TPSA) is 81.7 Å². The van der Waals surface area contributed by atoms with E-state index < -0.39 is 0 Å². The maximum atomic E-state index is 12.4. The second kappa shape index (κ2) is 9.59. The number of benzene rings is 1. The van der Waals surface area contributed by atoms with E-state index in [9.17, 15) is 10.1 Å². The Balaban J connectivity index is 1.45. The van der Waals surface area contributed by atoms with Crippen molar-refractivity contribution >= 4 is 11.8 Å². The number of nitrogens with one attached hydrogen (secondary N) is 1. The molecule has 29 heavy (non-hydrogen) atoms. The summed E-state index contributed by atoms with van der Waals surface area (Å²) in [5.74, 6) is 1.64. The van der Waals surface area contributed by atoms with Gasteiger partial charge in [0.05, 0.1) is 13.2 Å². The van der Waals surface area contributed by atoms with Crippen LogP contribution in [-0.4, -0.2) is 55.0 Å². The zero-order chi connectivity index (χ0) is 20.8. The second-order valence-corrected chi connectivity index (χ2v) is 7.28. The van der Waals surface area contributed by atoms with Gasteiger partial charge in [0, 0.05) is 38.3 Å². The Kier molecular flexibility index (Phi) is 6.91. The molecule has 0 unspecified atom stereocenters. The maximum Gasteiger partial charge on any atom is 0.240 e. The van der Waals surface area contributed by atoms with Crippen molar-refractivity contribution in [3.05, 3.63) is 46.7 Å². The first-order valence-electron chi connectivity index (χ1n) is 9.96. The fourth-order valence-electron chi connectivity index (χ4n) is 3.44. The van der Waals surface area contributed by atoms with Crippen LogP contribution in [0.1, 0.15) is 29.4 Å². The van der Waals surface area contributed by atoms with Gasteiger partial charge in [0.2, 0.25) is 11.8 Å². The number of nitrogens with zero attached hydrogens (tertiary/aromatic N) is 3. The monoisotopic (exact) mass is 396 g/mol. The van der Waals surface area contributed by atoms with Crippen molar-refractivity contribution in [2.45, 2.75) is 27.3 Å². The third-order valence-corrected chi connectivity index (χ3v) is 5.22. The van der Waals surface area contributed by atoms with Crippen molar-refractivity contribution in [1.82, 2.24) is 9.80 Å². The molecule has 1 aliphatic heterocycles. The van der Waals surface area contributed by atoms with Gasteiger partial charge in [0.25, 0.3) is 0 Å². The van der Waals surface area contributed by atoms with Gasteiger partial charge in [-0.25, -0.2) is 0 Å². The zero-order valence-corrected chi connectivity index (χ0v) is 17.3. The highest BCUT2D eigenvalue weighted by atomic mass is 16.5. The molecule has 154 valence electrons. The van der Waals surface area contributed by atoms with E-state index in [4.69, 9.17) is 9.15 Å². The van der Waals surface area contributed by atoms with Crippen molar-refractivity contribution in [3.63, 3.8) is 0 Å². The average molecular weight is 396 g/mol. The molecule has 0 atom stereocenters. The van der Waals surface area contributed by atoms with Crippen LogP contribution in [-0.2, 0) is 11.3 Å². The lowest BCUT2D eigenvalue weighted by molar-refractivity contribution is -0.117. The summed E-state index contributed by atoms with van der Waals surface area (Å²) in [6, 6.07) is 10.3. The standard InChI is InChI=1S/C22H28N4O3/c1-4-28-19-7-5-18(6-8-19)14-25-9-11-26(12-10-25)15-21(27)24-22-20(13-23)16(2)17(3)29-22/h5-8H,4,9-12,14-15H2,1-3H3,(H,24,27). The normalized spacial score (nSPS) is 15.1. The van der Waals surface area contributed by atoms with Crippen LogP contribution in [0.4, 0.5) is 5.88 Å². The van der Waals surface area contributed by atoms with Gasteiger partial charge in [-0.3, -0.25) is 19.9 Å². The summed E-state index contributed by atoms with van der Waals surface area (Å²) in [6.07, 6.45) is 0. The molecule has 7 heteroatoms. The minimum Gasteiger partial charge on any atom is -0.494 e. The van der Waals surface area contributed by atoms with Gasteiger partial charge in [-0.05, 0) is 38.5 Å². The summed E-state index contributed by atoms with van der Waals surface area (Å²) < 4.78 is 11.0. The lowest BCUT2D eigenvalue weighted by atomic mass is 10.2. The van der Waals surface area contributed by atoms with Crippen LogP contribution in [0.3, 0.4) is 0 Å². The predicted molar refractivity (Wildman–Crippen MR) is 111 cm³/mol. The first kappa shape index (κ1) is 20.9. The number of carbonyl (C=O) groups excluding carboxylic acids is 1. The van der Waals surface area contributed by atoms with Gasteiger partial charge in [-0.15, -0.1) is 0 Å². The highest BCUT2D eigenvalue weighted by molar-refractivity contribution is 5.92. The molecule has 0 spiro atoms. The summed E-state index contributed by atoms with van der Waals surface area (Å²) >= 11 is 0. The van der Waals surface area contributed by atoms with Crippen molar-refractivity contribution in [2.75, 3.05) is 44.6 Å². The molecule has 1 aromatic heterocycles. The number of ether oxygens (including phenoxy) is 1. The largest absolute Gasteiger partial charge is 0.494 e. The molecule has 1 N–H and O–H groups in total. The Morgan fingerprint density at radius 3 is 2.45 bits per heavy atom. The SMILES string of the molecule is CCOc1ccc(CN2CCN(CC(=O)Nc3oc(C)c(C)c3C#N)CC2)cc1. The van der Waals surface area contributed by atoms with E-state index in [2.05, 4.69) is 33.3 Å². The van der Waals surface area contributed by atoms with Crippen LogP contribution in [0.5, 0.6) is 5.75 Å². The van der Waals surface area contributed by atoms with Crippen LogP contribution in [0.25, 0.3) is 0 Å². The molecule has 7 nitrogen and oxygen atoms in total. The van der Waals surface area contributed by atoms with Gasteiger partial charge in [-0.1, -0.05) is 12.1 Å². The van der Waals surface area contributed by atoms with Crippen molar-refractivity contribution in [3.8, 4) is 11.8 Å². The van der Waals surface area contributed by atoms with E-state index in [0.717, 1.165) is 44.0 Å². The third kappa shape index (κ3) is 5.37. The summed E-state index contributed by atoms with van der Waals surface area (Å²) in [5.41, 5.74) is 2.42. The third-order valence-electron chi connectivity index (χ3n) is 5.22. The van der Waals surface area contributed by atoms with Crippen LogP contribution < -0.4 is 10.1 Å². The van der Waals surface area contributed by atoms with Crippen molar-refractivity contribution in [1.29, 1.82) is 5.26 Å². The molecular formula is C22H28N4O3. The van der Waals surface area contributed by atoms with E-state index in [1.807, 2.05) is 26.0 Å². The first-order valence-corrected chi connectivity index (χ1v) is 9.96. The number of hydrogen-bond acceptors (Lipinski definition) is 6. The summed E-state index contributed by atoms with van der Waals surface area (Å²) in [7, 11) is 0. The highest BCUT2D eigenvalue weighted by Crippen LogP contribution is 2.25. The van der Waals surface area contributed by atoms with Crippen LogP contribution in [0, 0.1) is 25.2 Å². The molecule has 3 rings (SSSR count). The number of anilines is 1. The molecule has 2 heterocycles. The fraction of sp³-hybridized carbons (Fsp3) is 0.455. The van der Waals surface area contributed by atoms with E-state index in [0.29, 0.717) is 24.5 Å². The quantitative estimate of drug-likeness (QED) is 0.775. The fourth-order valence-corrected chi connectivity index (χ4v) is 3.44. The lowest BCUT2D eigenvalue weighted by Crippen LogP contribution is -2.48. The molecular weight excluding hydrogens is 368 g/mol.